The number of thiophene rings is 1. The molecule has 4 amide bonds. The van der Waals surface area contributed by atoms with Crippen LogP contribution in [0.2, 0.25) is 0 Å². The third-order valence-electron chi connectivity index (χ3n) is 8.05. The summed E-state index contributed by atoms with van der Waals surface area (Å²) in [6, 6.07) is 23.1. The molecule has 1 unspecified atom stereocenters. The fourth-order valence-corrected chi connectivity index (χ4v) is 7.72. The van der Waals surface area contributed by atoms with Gasteiger partial charge in [-0.2, -0.15) is 5.26 Å². The lowest BCUT2D eigenvalue weighted by molar-refractivity contribution is -0.385. The number of nitriles is 1. The molecule has 3 aromatic carbocycles. The zero-order valence-corrected chi connectivity index (χ0v) is 31.6. The Morgan fingerprint density at radius 3 is 2.46 bits per heavy atom. The van der Waals surface area contributed by atoms with Gasteiger partial charge in [-0.05, 0) is 81.7 Å². The Balaban J connectivity index is 1.31. The molecule has 2 heterocycles. The Kier molecular flexibility index (Phi) is 12.5. The first-order valence-corrected chi connectivity index (χ1v) is 18.7. The maximum Gasteiger partial charge on any atom is 0.410 e. The number of fused-ring (bicyclic) bond motifs is 1. The molecule has 3 N–H and O–H groups in total. The average molecular weight is 767 g/mol. The van der Waals surface area contributed by atoms with E-state index in [1.807, 2.05) is 6.92 Å². The number of nitrogens with one attached hydrogen (secondary N) is 3. The standard InChI is InChI=1S/C39H38N6O7S2/c1-5-32(36(48)43-37-29(22-40)28-18-19-44(23-33(28)54-37)38(49)52-39(2,3)4)53-27-16-11-15-26(21-27)41-35(47)30(42-34(46)24-12-7-6-8-13-24)20-25-14-9-10-17-31(25)45(50)51/h6-17,20-21,32H,5,18-19,23H2,1-4H3,(H,41,47)(H,42,46)(H,43,48)/b30-20+. The molecular formula is C39H38N6O7S2. The monoisotopic (exact) mass is 766 g/mol. The van der Waals surface area contributed by atoms with E-state index in [-0.39, 0.29) is 35.0 Å². The number of nitro groups is 1. The molecule has 278 valence electrons. The maximum atomic E-state index is 13.6. The number of anilines is 2. The number of hydrogen-bond donors (Lipinski definition) is 3. The van der Waals surface area contributed by atoms with Crippen molar-refractivity contribution in [3.05, 3.63) is 122 Å². The Morgan fingerprint density at radius 2 is 1.78 bits per heavy atom. The molecule has 0 bridgehead atoms. The number of thioether (sulfide) groups is 1. The SMILES string of the molecule is CCC(Sc1cccc(NC(=O)/C(=C\c2ccccc2[N+](=O)[O-])NC(=O)c2ccccc2)c1)C(=O)Nc1sc2c(c1C#N)CCN(C(=O)OC(C)(C)C)C2. The van der Waals surface area contributed by atoms with Crippen molar-refractivity contribution in [1.82, 2.24) is 10.2 Å². The highest BCUT2D eigenvalue weighted by Gasteiger charge is 2.31. The third kappa shape index (κ3) is 9.91. The molecule has 0 spiro atoms. The molecule has 5 rings (SSSR count). The number of para-hydroxylation sites is 1. The first-order valence-electron chi connectivity index (χ1n) is 17.0. The van der Waals surface area contributed by atoms with E-state index in [0.717, 1.165) is 10.4 Å². The van der Waals surface area contributed by atoms with Crippen molar-refractivity contribution in [3.63, 3.8) is 0 Å². The first-order chi connectivity index (χ1) is 25.8. The van der Waals surface area contributed by atoms with Crippen molar-refractivity contribution in [3.8, 4) is 6.07 Å². The molecule has 0 fully saturated rings. The average Bonchev–Trinajstić information content (AvgIpc) is 3.49. The maximum absolute atomic E-state index is 13.6. The van der Waals surface area contributed by atoms with Crippen LogP contribution in [0.4, 0.5) is 21.2 Å². The first kappa shape index (κ1) is 39.2. The molecule has 1 aromatic heterocycles. The molecule has 1 atom stereocenters. The topological polar surface area (TPSA) is 184 Å². The summed E-state index contributed by atoms with van der Waals surface area (Å²) in [5, 5.41) is 29.8. The second-order valence-corrected chi connectivity index (χ2v) is 15.5. The van der Waals surface area contributed by atoms with Gasteiger partial charge in [-0.25, -0.2) is 4.79 Å². The molecule has 15 heteroatoms. The Bertz CT molecular complexity index is 2150. The molecule has 0 radical (unpaired) electrons. The van der Waals surface area contributed by atoms with Crippen molar-refractivity contribution < 1.29 is 28.8 Å². The number of carbonyl (C=O) groups excluding carboxylic acids is 4. The molecule has 1 aliphatic heterocycles. The smallest absolute Gasteiger partial charge is 0.410 e. The Hall–Kier alpha value is -5.98. The van der Waals surface area contributed by atoms with Crippen molar-refractivity contribution in [2.75, 3.05) is 17.2 Å². The summed E-state index contributed by atoms with van der Waals surface area (Å²) >= 11 is 2.54. The fraction of sp³-hybridized carbons (Fsp3) is 0.256. The molecule has 0 aliphatic carbocycles. The summed E-state index contributed by atoms with van der Waals surface area (Å²) in [5.41, 5.74) is 0.861. The van der Waals surface area contributed by atoms with Gasteiger partial charge in [-0.15, -0.1) is 23.1 Å². The van der Waals surface area contributed by atoms with Gasteiger partial charge in [-0.3, -0.25) is 24.5 Å². The Morgan fingerprint density at radius 1 is 1.06 bits per heavy atom. The van der Waals surface area contributed by atoms with Crippen molar-refractivity contribution >= 4 is 69.4 Å². The number of amides is 4. The van der Waals surface area contributed by atoms with Crippen molar-refractivity contribution in [2.45, 2.75) is 62.8 Å². The van der Waals surface area contributed by atoms with Crippen molar-refractivity contribution in [2.24, 2.45) is 0 Å². The summed E-state index contributed by atoms with van der Waals surface area (Å²) in [7, 11) is 0. The van der Waals surface area contributed by atoms with Gasteiger partial charge in [-0.1, -0.05) is 43.3 Å². The number of carbonyl (C=O) groups is 4. The number of nitro benzene ring substituents is 1. The minimum absolute atomic E-state index is 0.119. The summed E-state index contributed by atoms with van der Waals surface area (Å²) in [4.78, 5) is 67.2. The minimum Gasteiger partial charge on any atom is -0.444 e. The van der Waals surface area contributed by atoms with Crippen molar-refractivity contribution in [1.29, 1.82) is 5.26 Å². The van der Waals surface area contributed by atoms with Crippen LogP contribution < -0.4 is 16.0 Å². The van der Waals surface area contributed by atoms with Gasteiger partial charge in [0.25, 0.3) is 17.5 Å². The highest BCUT2D eigenvalue weighted by molar-refractivity contribution is 8.00. The normalized spacial score (nSPS) is 13.2. The van der Waals surface area contributed by atoms with Gasteiger partial charge in [0.1, 0.15) is 22.4 Å². The van der Waals surface area contributed by atoms with E-state index >= 15 is 0 Å². The number of nitrogens with zero attached hydrogens (tertiary/aromatic N) is 3. The van der Waals surface area contributed by atoms with Gasteiger partial charge < -0.3 is 25.6 Å². The zero-order chi connectivity index (χ0) is 39.0. The number of rotatable bonds is 11. The van der Waals surface area contributed by atoms with E-state index in [1.54, 1.807) is 86.3 Å². The van der Waals surface area contributed by atoms with Crippen LogP contribution in [0.15, 0.2) is 89.5 Å². The van der Waals surface area contributed by atoms with Gasteiger partial charge in [0.2, 0.25) is 5.91 Å². The van der Waals surface area contributed by atoms with E-state index in [1.165, 1.54) is 47.4 Å². The predicted molar refractivity (Wildman–Crippen MR) is 208 cm³/mol. The van der Waals surface area contributed by atoms with E-state index in [4.69, 9.17) is 4.74 Å². The number of hydrogen-bond acceptors (Lipinski definition) is 10. The molecule has 0 saturated carbocycles. The molecule has 1 aliphatic rings. The summed E-state index contributed by atoms with van der Waals surface area (Å²) < 4.78 is 5.52. The molecule has 13 nitrogen and oxygen atoms in total. The van der Waals surface area contributed by atoms with E-state index in [2.05, 4.69) is 22.0 Å². The lowest BCUT2D eigenvalue weighted by Crippen LogP contribution is -2.39. The largest absolute Gasteiger partial charge is 0.444 e. The van der Waals surface area contributed by atoms with Crippen LogP contribution in [0.25, 0.3) is 6.08 Å². The van der Waals surface area contributed by atoms with E-state index in [0.29, 0.717) is 40.5 Å². The summed E-state index contributed by atoms with van der Waals surface area (Å²) in [6.45, 7) is 7.93. The van der Waals surface area contributed by atoms with E-state index in [9.17, 15) is 34.6 Å². The third-order valence-corrected chi connectivity index (χ3v) is 10.5. The van der Waals surface area contributed by atoms with E-state index < -0.39 is 33.7 Å². The minimum atomic E-state index is -0.722. The summed E-state index contributed by atoms with van der Waals surface area (Å²) in [6.07, 6.45) is 1.72. The lowest BCUT2D eigenvalue weighted by atomic mass is 10.0. The predicted octanol–water partition coefficient (Wildman–Crippen LogP) is 7.74. The zero-order valence-electron chi connectivity index (χ0n) is 30.0. The highest BCUT2D eigenvalue weighted by atomic mass is 32.2. The molecule has 0 saturated heterocycles. The van der Waals surface area contributed by atoms with Crippen LogP contribution in [0.3, 0.4) is 0 Å². The van der Waals surface area contributed by atoms with Crippen LogP contribution >= 0.6 is 23.1 Å². The number of benzene rings is 3. The second kappa shape index (κ2) is 17.2. The van der Waals surface area contributed by atoms with Crippen LogP contribution in [0.5, 0.6) is 0 Å². The summed E-state index contributed by atoms with van der Waals surface area (Å²) in [5.74, 6) is -1.61. The molecular weight excluding hydrogens is 729 g/mol. The lowest BCUT2D eigenvalue weighted by Gasteiger charge is -2.29. The van der Waals surface area contributed by atoms with Crippen LogP contribution in [0.1, 0.15) is 66.0 Å². The second-order valence-electron chi connectivity index (χ2n) is 13.2. The Labute approximate surface area is 320 Å². The number of ether oxygens (including phenoxy) is 1. The van der Waals surface area contributed by atoms with Crippen LogP contribution in [0, 0.1) is 21.4 Å². The molecule has 54 heavy (non-hydrogen) atoms. The van der Waals surface area contributed by atoms with Gasteiger partial charge in [0.05, 0.1) is 27.8 Å². The van der Waals surface area contributed by atoms with Gasteiger partial charge in [0.15, 0.2) is 0 Å². The van der Waals surface area contributed by atoms with Gasteiger partial charge in [0, 0.05) is 33.6 Å². The quantitative estimate of drug-likeness (QED) is 0.0595. The fourth-order valence-electron chi connectivity index (χ4n) is 5.49. The molecule has 4 aromatic rings. The van der Waals surface area contributed by atoms with Crippen LogP contribution in [-0.4, -0.2) is 51.0 Å². The highest BCUT2D eigenvalue weighted by Crippen LogP contribution is 2.38. The van der Waals surface area contributed by atoms with Crippen LogP contribution in [-0.2, 0) is 27.3 Å². The van der Waals surface area contributed by atoms with Gasteiger partial charge >= 0.3 is 6.09 Å².